The fourth-order valence-corrected chi connectivity index (χ4v) is 2.49. The number of carbonyl (C=O) groups excluding carboxylic acids is 3. The molecule has 0 aliphatic heterocycles. The number of Topliss-reactive ketones (excluding diaryl/α,β-unsaturated/α-hetero) is 1. The molecule has 0 heterocycles. The normalized spacial score (nSPS) is 13.3. The maximum atomic E-state index is 12.4. The number of methoxy groups -OCH3 is 2. The SMILES string of the molecule is COC(=O)C(CC(=O)c1ccccc1)C(C(=O)OC)C(C)C. The molecule has 0 saturated heterocycles. The van der Waals surface area contributed by atoms with Crippen LogP contribution < -0.4 is 0 Å². The predicted molar refractivity (Wildman–Crippen MR) is 81.2 cm³/mol. The van der Waals surface area contributed by atoms with E-state index in [0.29, 0.717) is 5.56 Å². The second kappa shape index (κ2) is 8.32. The van der Waals surface area contributed by atoms with Crippen LogP contribution in [0.3, 0.4) is 0 Å². The van der Waals surface area contributed by atoms with Crippen LogP contribution in [0, 0.1) is 17.8 Å². The zero-order valence-corrected chi connectivity index (χ0v) is 13.4. The number of rotatable bonds is 7. The van der Waals surface area contributed by atoms with Gasteiger partial charge in [-0.15, -0.1) is 0 Å². The Morgan fingerprint density at radius 2 is 1.50 bits per heavy atom. The van der Waals surface area contributed by atoms with Gasteiger partial charge in [0.2, 0.25) is 0 Å². The van der Waals surface area contributed by atoms with E-state index < -0.39 is 23.8 Å². The van der Waals surface area contributed by atoms with E-state index in [9.17, 15) is 14.4 Å². The molecule has 2 unspecified atom stereocenters. The maximum absolute atomic E-state index is 12.4. The van der Waals surface area contributed by atoms with Gasteiger partial charge >= 0.3 is 11.9 Å². The highest BCUT2D eigenvalue weighted by molar-refractivity contribution is 5.98. The van der Waals surface area contributed by atoms with Gasteiger partial charge in [-0.25, -0.2) is 0 Å². The summed E-state index contributed by atoms with van der Waals surface area (Å²) in [6, 6.07) is 8.67. The summed E-state index contributed by atoms with van der Waals surface area (Å²) in [6.07, 6.45) is -0.0887. The minimum atomic E-state index is -0.856. The lowest BCUT2D eigenvalue weighted by Crippen LogP contribution is -2.36. The molecule has 2 atom stereocenters. The average Bonchev–Trinajstić information content (AvgIpc) is 2.53. The summed E-state index contributed by atoms with van der Waals surface area (Å²) < 4.78 is 9.55. The Morgan fingerprint density at radius 1 is 0.955 bits per heavy atom. The minimum Gasteiger partial charge on any atom is -0.469 e. The summed E-state index contributed by atoms with van der Waals surface area (Å²) in [4.78, 5) is 36.4. The summed E-state index contributed by atoms with van der Waals surface area (Å²) in [6.45, 7) is 3.62. The third kappa shape index (κ3) is 4.41. The molecule has 0 spiro atoms. The first-order chi connectivity index (χ1) is 10.4. The van der Waals surface area contributed by atoms with Crippen LogP contribution in [0.25, 0.3) is 0 Å². The van der Waals surface area contributed by atoms with Gasteiger partial charge in [0.05, 0.1) is 26.1 Å². The standard InChI is InChI=1S/C17H22O5/c1-11(2)15(17(20)22-4)13(16(19)21-3)10-14(18)12-8-6-5-7-9-12/h5-9,11,13,15H,10H2,1-4H3. The molecule has 1 aromatic carbocycles. The van der Waals surface area contributed by atoms with Crippen LogP contribution in [0.4, 0.5) is 0 Å². The van der Waals surface area contributed by atoms with Gasteiger partial charge in [0, 0.05) is 12.0 Å². The third-order valence-electron chi connectivity index (χ3n) is 3.63. The molecule has 0 N–H and O–H groups in total. The Morgan fingerprint density at radius 3 is 1.95 bits per heavy atom. The van der Waals surface area contributed by atoms with Crippen molar-refractivity contribution < 1.29 is 23.9 Å². The van der Waals surface area contributed by atoms with E-state index >= 15 is 0 Å². The van der Waals surface area contributed by atoms with Crippen molar-refractivity contribution in [2.45, 2.75) is 20.3 Å². The molecule has 0 aliphatic rings. The highest BCUT2D eigenvalue weighted by Gasteiger charge is 2.39. The van der Waals surface area contributed by atoms with Crippen molar-refractivity contribution in [3.8, 4) is 0 Å². The van der Waals surface area contributed by atoms with Gasteiger partial charge < -0.3 is 9.47 Å². The van der Waals surface area contributed by atoms with Crippen molar-refractivity contribution >= 4 is 17.7 Å². The van der Waals surface area contributed by atoms with E-state index in [2.05, 4.69) is 0 Å². The molecular weight excluding hydrogens is 284 g/mol. The van der Waals surface area contributed by atoms with Gasteiger partial charge in [-0.2, -0.15) is 0 Å². The van der Waals surface area contributed by atoms with E-state index in [1.807, 2.05) is 13.8 Å². The molecule has 1 aromatic rings. The first-order valence-electron chi connectivity index (χ1n) is 7.16. The van der Waals surface area contributed by atoms with Crippen LogP contribution in [-0.2, 0) is 19.1 Å². The smallest absolute Gasteiger partial charge is 0.310 e. The monoisotopic (exact) mass is 306 g/mol. The first kappa shape index (κ1) is 17.9. The minimum absolute atomic E-state index is 0.0887. The predicted octanol–water partition coefficient (Wildman–Crippen LogP) is 2.49. The third-order valence-corrected chi connectivity index (χ3v) is 3.63. The van der Waals surface area contributed by atoms with Crippen molar-refractivity contribution in [3.05, 3.63) is 35.9 Å². The summed E-state index contributed by atoms with van der Waals surface area (Å²) in [5.74, 6) is -3.01. The molecule has 5 nitrogen and oxygen atoms in total. The number of ether oxygens (including phenoxy) is 2. The highest BCUT2D eigenvalue weighted by Crippen LogP contribution is 2.28. The molecule has 0 amide bonds. The topological polar surface area (TPSA) is 69.7 Å². The van der Waals surface area contributed by atoms with Crippen molar-refractivity contribution in [1.29, 1.82) is 0 Å². The Balaban J connectivity index is 3.04. The number of hydrogen-bond acceptors (Lipinski definition) is 5. The molecule has 0 fully saturated rings. The fraction of sp³-hybridized carbons (Fsp3) is 0.471. The summed E-state index contributed by atoms with van der Waals surface area (Å²) in [5.41, 5.74) is 0.503. The highest BCUT2D eigenvalue weighted by atomic mass is 16.5. The Bertz CT molecular complexity index is 521. The molecule has 120 valence electrons. The van der Waals surface area contributed by atoms with Crippen molar-refractivity contribution in [2.24, 2.45) is 17.8 Å². The van der Waals surface area contributed by atoms with Crippen LogP contribution in [0.2, 0.25) is 0 Å². The average molecular weight is 306 g/mol. The van der Waals surface area contributed by atoms with Gasteiger partial charge in [-0.1, -0.05) is 44.2 Å². The Kier molecular flexibility index (Phi) is 6.76. The largest absolute Gasteiger partial charge is 0.469 e. The molecule has 0 aliphatic carbocycles. The second-order valence-corrected chi connectivity index (χ2v) is 5.42. The Labute approximate surface area is 130 Å². The van der Waals surface area contributed by atoms with Gasteiger partial charge in [-0.3, -0.25) is 14.4 Å². The van der Waals surface area contributed by atoms with Crippen LogP contribution in [0.1, 0.15) is 30.6 Å². The Hall–Kier alpha value is -2.17. The fourth-order valence-electron chi connectivity index (χ4n) is 2.49. The molecule has 0 aromatic heterocycles. The number of carbonyl (C=O) groups is 3. The molecule has 0 bridgehead atoms. The number of ketones is 1. The van der Waals surface area contributed by atoms with Crippen LogP contribution in [0.15, 0.2) is 30.3 Å². The summed E-state index contributed by atoms with van der Waals surface area (Å²) >= 11 is 0. The van der Waals surface area contributed by atoms with Crippen molar-refractivity contribution in [1.82, 2.24) is 0 Å². The second-order valence-electron chi connectivity index (χ2n) is 5.42. The van der Waals surface area contributed by atoms with Crippen LogP contribution >= 0.6 is 0 Å². The van der Waals surface area contributed by atoms with Crippen molar-refractivity contribution in [2.75, 3.05) is 14.2 Å². The lowest BCUT2D eigenvalue weighted by atomic mass is 9.79. The van der Waals surface area contributed by atoms with Gasteiger partial charge in [0.15, 0.2) is 5.78 Å². The molecule has 1 rings (SSSR count). The summed E-state index contributed by atoms with van der Waals surface area (Å²) in [5, 5.41) is 0. The number of esters is 2. The quantitative estimate of drug-likeness (QED) is 0.572. The number of benzene rings is 1. The molecule has 0 radical (unpaired) electrons. The van der Waals surface area contributed by atoms with E-state index in [1.54, 1.807) is 30.3 Å². The lowest BCUT2D eigenvalue weighted by Gasteiger charge is -2.25. The van der Waals surface area contributed by atoms with E-state index in [1.165, 1.54) is 14.2 Å². The maximum Gasteiger partial charge on any atom is 0.310 e. The van der Waals surface area contributed by atoms with Crippen molar-refractivity contribution in [3.63, 3.8) is 0 Å². The van der Waals surface area contributed by atoms with E-state index in [4.69, 9.17) is 9.47 Å². The van der Waals surface area contributed by atoms with Gasteiger partial charge in [0.25, 0.3) is 0 Å². The molecule has 22 heavy (non-hydrogen) atoms. The van der Waals surface area contributed by atoms with E-state index in [0.717, 1.165) is 0 Å². The zero-order valence-electron chi connectivity index (χ0n) is 13.4. The molecule has 0 saturated carbocycles. The molecular formula is C17H22O5. The van der Waals surface area contributed by atoms with Gasteiger partial charge in [0.1, 0.15) is 0 Å². The number of hydrogen-bond donors (Lipinski definition) is 0. The summed E-state index contributed by atoms with van der Waals surface area (Å²) in [7, 11) is 2.52. The van der Waals surface area contributed by atoms with Gasteiger partial charge in [-0.05, 0) is 5.92 Å². The van der Waals surface area contributed by atoms with Crippen LogP contribution in [-0.4, -0.2) is 31.9 Å². The van der Waals surface area contributed by atoms with E-state index in [-0.39, 0.29) is 18.1 Å². The van der Waals surface area contributed by atoms with Crippen LogP contribution in [0.5, 0.6) is 0 Å². The lowest BCUT2D eigenvalue weighted by molar-refractivity contribution is -0.159. The first-order valence-corrected chi connectivity index (χ1v) is 7.16. The molecule has 5 heteroatoms. The zero-order chi connectivity index (χ0) is 16.7.